The number of pyridine rings is 1. The molecule has 2 aromatic rings. The fraction of sp³-hybridized carbons (Fsp3) is 0.364. The Bertz CT molecular complexity index is 1200. The number of amides is 2. The van der Waals surface area contributed by atoms with Crippen LogP contribution in [-0.2, 0) is 25.3 Å². The second-order valence-corrected chi connectivity index (χ2v) is 9.18. The summed E-state index contributed by atoms with van der Waals surface area (Å²) < 4.78 is 37.6. The van der Waals surface area contributed by atoms with Gasteiger partial charge in [-0.05, 0) is 43.1 Å². The van der Waals surface area contributed by atoms with Crippen LogP contribution < -0.4 is 10.2 Å². The number of fused-ring (bicyclic) bond motifs is 2. The van der Waals surface area contributed by atoms with Crippen molar-refractivity contribution in [2.45, 2.75) is 36.5 Å². The zero-order chi connectivity index (χ0) is 25.6. The van der Waals surface area contributed by atoms with Crippen LogP contribution in [0.15, 0.2) is 36.7 Å². The molecule has 2 N–H and O–H groups in total. The number of carbonyl (C=O) groups excluding carboxylic acids is 2. The summed E-state index contributed by atoms with van der Waals surface area (Å²) in [6, 6.07) is 6.91. The molecule has 1 spiro atoms. The van der Waals surface area contributed by atoms with E-state index in [1.807, 2.05) is 6.07 Å². The van der Waals surface area contributed by atoms with Gasteiger partial charge in [-0.2, -0.15) is 13.2 Å². The van der Waals surface area contributed by atoms with Crippen molar-refractivity contribution < 1.29 is 37.4 Å². The number of carboxylic acids is 1. The molecule has 5 rings (SSSR count). The number of carboxylic acid groups (broad SMARTS) is 1. The summed E-state index contributed by atoms with van der Waals surface area (Å²) in [7, 11) is 0. The third-order valence-electron chi connectivity index (χ3n) is 6.16. The number of ether oxygens (including phenoxy) is 1. The number of benzene rings is 1. The number of imide groups is 1. The molecule has 3 aliphatic rings. The Balaban J connectivity index is 0.000000364. The number of nitrogens with one attached hydrogen (secondary N) is 1. The summed E-state index contributed by atoms with van der Waals surface area (Å²) in [5.74, 6) is -3.09. The lowest BCUT2D eigenvalue weighted by atomic mass is 9.89. The number of aliphatic carboxylic acids is 1. The summed E-state index contributed by atoms with van der Waals surface area (Å²) in [6.07, 6.45) is -0.646. The first-order valence-corrected chi connectivity index (χ1v) is 11.2. The standard InChI is InChI=1S/C20H17Cl2N3O3.C2HF3O2/c21-12-1-2-13(15(22)9-12)19(4-5-19)17(26)25-16-10-23-7-3-14(16)20(28-18(25)27)6-8-24-11-20;3-2(4,5)1(6)7/h1-3,7,9-10,24H,4-6,8,11H2;(H,6,7). The average Bonchev–Trinajstić information content (AvgIpc) is 3.46. The molecular formula is C22H18Cl2F3N3O5. The number of carbonyl (C=O) groups is 3. The molecule has 2 amide bonds. The van der Waals surface area contributed by atoms with E-state index in [2.05, 4.69) is 10.3 Å². The van der Waals surface area contributed by atoms with Gasteiger partial charge in [0.25, 0.3) is 0 Å². The Labute approximate surface area is 207 Å². The van der Waals surface area contributed by atoms with Crippen LogP contribution >= 0.6 is 23.2 Å². The number of halogens is 5. The molecule has 0 radical (unpaired) electrons. The summed E-state index contributed by atoms with van der Waals surface area (Å²) >= 11 is 12.4. The zero-order valence-corrected chi connectivity index (χ0v) is 19.4. The molecule has 2 aliphatic heterocycles. The van der Waals surface area contributed by atoms with Crippen molar-refractivity contribution in [3.63, 3.8) is 0 Å². The van der Waals surface area contributed by atoms with Gasteiger partial charge in [0, 0.05) is 34.8 Å². The molecule has 1 aromatic heterocycles. The van der Waals surface area contributed by atoms with Gasteiger partial charge in [-0.1, -0.05) is 29.3 Å². The lowest BCUT2D eigenvalue weighted by Crippen LogP contribution is -2.52. The predicted octanol–water partition coefficient (Wildman–Crippen LogP) is 4.43. The van der Waals surface area contributed by atoms with Gasteiger partial charge >= 0.3 is 18.2 Å². The van der Waals surface area contributed by atoms with E-state index in [-0.39, 0.29) is 5.91 Å². The van der Waals surface area contributed by atoms with Crippen LogP contribution in [-0.4, -0.2) is 47.3 Å². The number of anilines is 1. The molecule has 13 heteroatoms. The molecule has 186 valence electrons. The number of hydrogen-bond donors (Lipinski definition) is 2. The van der Waals surface area contributed by atoms with Gasteiger partial charge in [-0.15, -0.1) is 0 Å². The van der Waals surface area contributed by atoms with Crippen molar-refractivity contribution in [1.29, 1.82) is 0 Å². The lowest BCUT2D eigenvalue weighted by molar-refractivity contribution is -0.192. The van der Waals surface area contributed by atoms with Crippen molar-refractivity contribution in [3.05, 3.63) is 57.8 Å². The summed E-state index contributed by atoms with van der Waals surface area (Å²) in [5, 5.41) is 11.3. The number of nitrogens with zero attached hydrogens (tertiary/aromatic N) is 2. The van der Waals surface area contributed by atoms with Gasteiger partial charge in [-0.3, -0.25) is 9.78 Å². The topological polar surface area (TPSA) is 109 Å². The highest BCUT2D eigenvalue weighted by Crippen LogP contribution is 2.54. The highest BCUT2D eigenvalue weighted by molar-refractivity contribution is 6.35. The fourth-order valence-corrected chi connectivity index (χ4v) is 4.90. The van der Waals surface area contributed by atoms with Crippen molar-refractivity contribution in [2.24, 2.45) is 0 Å². The smallest absolute Gasteiger partial charge is 0.475 e. The van der Waals surface area contributed by atoms with E-state index in [4.69, 9.17) is 37.8 Å². The molecule has 1 saturated carbocycles. The Morgan fingerprint density at radius 2 is 1.83 bits per heavy atom. The summed E-state index contributed by atoms with van der Waals surface area (Å²) in [5.41, 5.74) is 0.388. The third-order valence-corrected chi connectivity index (χ3v) is 6.71. The van der Waals surface area contributed by atoms with Gasteiger partial charge in [0.2, 0.25) is 5.91 Å². The van der Waals surface area contributed by atoms with Gasteiger partial charge in [-0.25, -0.2) is 14.5 Å². The van der Waals surface area contributed by atoms with Crippen LogP contribution in [0.1, 0.15) is 30.4 Å². The van der Waals surface area contributed by atoms with Crippen LogP contribution in [0.4, 0.5) is 23.7 Å². The molecule has 3 heterocycles. The van der Waals surface area contributed by atoms with E-state index < -0.39 is 29.3 Å². The minimum Gasteiger partial charge on any atom is -0.475 e. The quantitative estimate of drug-likeness (QED) is 0.590. The fourth-order valence-electron chi connectivity index (χ4n) is 4.31. The highest BCUT2D eigenvalue weighted by atomic mass is 35.5. The van der Waals surface area contributed by atoms with Crippen molar-refractivity contribution in [1.82, 2.24) is 10.3 Å². The largest absolute Gasteiger partial charge is 0.490 e. The Kier molecular flexibility index (Phi) is 6.45. The van der Waals surface area contributed by atoms with E-state index in [9.17, 15) is 22.8 Å². The van der Waals surface area contributed by atoms with Crippen molar-refractivity contribution in [2.75, 3.05) is 18.0 Å². The number of alkyl halides is 3. The summed E-state index contributed by atoms with van der Waals surface area (Å²) in [6.45, 7) is 1.26. The Hall–Kier alpha value is -2.89. The van der Waals surface area contributed by atoms with Crippen LogP contribution in [0.3, 0.4) is 0 Å². The molecule has 1 unspecified atom stereocenters. The number of aromatic nitrogens is 1. The van der Waals surface area contributed by atoms with Gasteiger partial charge in [0.15, 0.2) is 5.60 Å². The molecule has 1 aromatic carbocycles. The normalized spacial score (nSPS) is 22.1. The first-order chi connectivity index (χ1) is 16.4. The Morgan fingerprint density at radius 3 is 2.37 bits per heavy atom. The SMILES string of the molecule is O=C(O)C(F)(F)F.O=C1OC2(CCNC2)c2ccncc2N1C(=O)C1(c2ccc(Cl)cc2Cl)CC1. The van der Waals surface area contributed by atoms with Crippen LogP contribution in [0.5, 0.6) is 0 Å². The zero-order valence-electron chi connectivity index (χ0n) is 17.9. The van der Waals surface area contributed by atoms with Gasteiger partial charge in [0.1, 0.15) is 0 Å². The molecular weight excluding hydrogens is 514 g/mol. The number of rotatable bonds is 2. The maximum absolute atomic E-state index is 13.6. The summed E-state index contributed by atoms with van der Waals surface area (Å²) in [4.78, 5) is 40.7. The molecule has 1 saturated heterocycles. The minimum absolute atomic E-state index is 0.336. The monoisotopic (exact) mass is 531 g/mol. The number of hydrogen-bond acceptors (Lipinski definition) is 6. The molecule has 1 atom stereocenters. The van der Waals surface area contributed by atoms with Crippen LogP contribution in [0.2, 0.25) is 10.0 Å². The second-order valence-electron chi connectivity index (χ2n) is 8.33. The highest BCUT2D eigenvalue weighted by Gasteiger charge is 2.58. The maximum Gasteiger partial charge on any atom is 0.490 e. The van der Waals surface area contributed by atoms with Gasteiger partial charge in [0.05, 0.1) is 17.3 Å². The van der Waals surface area contributed by atoms with Crippen LogP contribution in [0, 0.1) is 0 Å². The van der Waals surface area contributed by atoms with E-state index >= 15 is 0 Å². The lowest BCUT2D eigenvalue weighted by Gasteiger charge is -2.39. The Morgan fingerprint density at radius 1 is 1.14 bits per heavy atom. The average molecular weight is 532 g/mol. The minimum atomic E-state index is -5.08. The molecule has 35 heavy (non-hydrogen) atoms. The molecule has 2 fully saturated rings. The molecule has 1 aliphatic carbocycles. The van der Waals surface area contributed by atoms with E-state index in [1.54, 1.807) is 30.6 Å². The van der Waals surface area contributed by atoms with E-state index in [1.165, 1.54) is 0 Å². The van der Waals surface area contributed by atoms with E-state index in [0.29, 0.717) is 47.1 Å². The van der Waals surface area contributed by atoms with Crippen molar-refractivity contribution in [3.8, 4) is 0 Å². The first kappa shape index (κ1) is 25.2. The van der Waals surface area contributed by atoms with E-state index in [0.717, 1.165) is 17.0 Å². The predicted molar refractivity (Wildman–Crippen MR) is 118 cm³/mol. The molecule has 8 nitrogen and oxygen atoms in total. The second kappa shape index (κ2) is 8.96. The first-order valence-electron chi connectivity index (χ1n) is 10.4. The van der Waals surface area contributed by atoms with Gasteiger partial charge < -0.3 is 15.2 Å². The molecule has 0 bridgehead atoms. The maximum atomic E-state index is 13.6. The van der Waals surface area contributed by atoms with Crippen molar-refractivity contribution >= 4 is 46.9 Å². The third kappa shape index (κ3) is 4.55. The van der Waals surface area contributed by atoms with Crippen LogP contribution in [0.25, 0.3) is 0 Å².